The third-order valence-corrected chi connectivity index (χ3v) is 9.00. The minimum absolute atomic E-state index is 0.245. The summed E-state index contributed by atoms with van der Waals surface area (Å²) in [6.07, 6.45) is 3.44. The van der Waals surface area contributed by atoms with Crippen LogP contribution < -0.4 is 4.80 Å². The molecule has 0 radical (unpaired) electrons. The van der Waals surface area contributed by atoms with E-state index in [4.69, 9.17) is 14.1 Å². The molecule has 1 aliphatic rings. The van der Waals surface area contributed by atoms with E-state index in [2.05, 4.69) is 11.2 Å². The highest BCUT2D eigenvalue weighted by molar-refractivity contribution is 7.89. The molecular formula is C23H22N4O4S3. The number of benzene rings is 1. The molecule has 0 aliphatic carbocycles. The van der Waals surface area contributed by atoms with Crippen LogP contribution in [0.3, 0.4) is 0 Å². The van der Waals surface area contributed by atoms with E-state index in [1.165, 1.54) is 15.6 Å². The summed E-state index contributed by atoms with van der Waals surface area (Å²) in [5, 5.41) is 8.65. The lowest BCUT2D eigenvalue weighted by atomic mass is 10.3. The number of sulfonamides is 1. The smallest absolute Gasteiger partial charge is 0.243 e. The van der Waals surface area contributed by atoms with Crippen LogP contribution >= 0.6 is 22.7 Å². The Morgan fingerprint density at radius 2 is 1.85 bits per heavy atom. The largest absolute Gasteiger partial charge is 0.463 e. The maximum Gasteiger partial charge on any atom is 0.243 e. The van der Waals surface area contributed by atoms with E-state index in [0.717, 1.165) is 16.1 Å². The summed E-state index contributed by atoms with van der Waals surface area (Å²) >= 11 is 3.05. The number of nitrogens with zero attached hydrogens (tertiary/aromatic N) is 4. The number of rotatable bonds is 6. The molecular weight excluding hydrogens is 492 g/mol. The second-order valence-electron chi connectivity index (χ2n) is 7.53. The van der Waals surface area contributed by atoms with Crippen LogP contribution in [0.2, 0.25) is 0 Å². The van der Waals surface area contributed by atoms with Crippen molar-refractivity contribution in [3.05, 3.63) is 74.7 Å². The molecule has 1 aromatic carbocycles. The number of hydrogen-bond acceptors (Lipinski definition) is 8. The van der Waals surface area contributed by atoms with Crippen molar-refractivity contribution in [1.82, 2.24) is 8.98 Å². The first-order valence-electron chi connectivity index (χ1n) is 10.6. The molecule has 1 aliphatic heterocycles. The molecule has 0 spiro atoms. The topological polar surface area (TPSA) is 89.4 Å². The van der Waals surface area contributed by atoms with Gasteiger partial charge in [0.1, 0.15) is 5.69 Å². The molecule has 176 valence electrons. The molecule has 0 saturated carbocycles. The number of aromatic nitrogens is 1. The second kappa shape index (κ2) is 9.80. The molecule has 0 unspecified atom stereocenters. The Balaban J connectivity index is 1.50. The van der Waals surface area contributed by atoms with E-state index in [9.17, 15) is 8.42 Å². The van der Waals surface area contributed by atoms with Crippen molar-refractivity contribution < 1.29 is 17.6 Å². The van der Waals surface area contributed by atoms with Crippen molar-refractivity contribution >= 4 is 44.6 Å². The van der Waals surface area contributed by atoms with E-state index in [1.807, 2.05) is 36.0 Å². The Bertz CT molecular complexity index is 1460. The van der Waals surface area contributed by atoms with Crippen molar-refractivity contribution in [2.45, 2.75) is 11.8 Å². The third kappa shape index (κ3) is 4.70. The van der Waals surface area contributed by atoms with Gasteiger partial charge in [-0.1, -0.05) is 0 Å². The maximum atomic E-state index is 12.9. The fourth-order valence-electron chi connectivity index (χ4n) is 3.45. The number of furan rings is 1. The Morgan fingerprint density at radius 3 is 2.53 bits per heavy atom. The number of morpholine rings is 1. The van der Waals surface area contributed by atoms with Gasteiger partial charge in [0.05, 0.1) is 41.2 Å². The van der Waals surface area contributed by atoms with Gasteiger partial charge >= 0.3 is 0 Å². The molecule has 0 atom stereocenters. The molecule has 0 amide bonds. The summed E-state index contributed by atoms with van der Waals surface area (Å²) in [6, 6.07) is 12.3. The Morgan fingerprint density at radius 1 is 1.06 bits per heavy atom. The van der Waals surface area contributed by atoms with Crippen molar-refractivity contribution in [1.29, 1.82) is 0 Å². The Labute approximate surface area is 205 Å². The van der Waals surface area contributed by atoms with Gasteiger partial charge in [-0.15, -0.1) is 22.7 Å². The SMILES string of the molecule is Cc1ccsc1C=Nn1c(-c2ccco2)csc1=Nc1ccc(S(=O)(=O)N2CCOCC2)cc1. The van der Waals surface area contributed by atoms with Gasteiger partial charge in [-0.3, -0.25) is 0 Å². The van der Waals surface area contributed by atoms with Gasteiger partial charge in [-0.25, -0.2) is 18.1 Å². The molecule has 0 bridgehead atoms. The number of hydrogen-bond donors (Lipinski definition) is 0. The normalized spacial score (nSPS) is 16.0. The average molecular weight is 515 g/mol. The molecule has 8 nitrogen and oxygen atoms in total. The zero-order valence-corrected chi connectivity index (χ0v) is 20.8. The third-order valence-electron chi connectivity index (χ3n) is 5.32. The standard InChI is InChI=1S/C23H22N4O4S3/c1-17-8-14-32-22(17)15-24-27-20(21-3-2-11-31-21)16-33-23(27)25-18-4-6-19(7-5-18)34(28,29)26-9-12-30-13-10-26/h2-8,11,14-16H,9-10,12-13H2,1H3. The van der Waals surface area contributed by atoms with Gasteiger partial charge in [0, 0.05) is 18.5 Å². The van der Waals surface area contributed by atoms with Crippen LogP contribution in [0.25, 0.3) is 11.5 Å². The minimum Gasteiger partial charge on any atom is -0.463 e. The quantitative estimate of drug-likeness (QED) is 0.359. The first kappa shape index (κ1) is 22.9. The monoisotopic (exact) mass is 514 g/mol. The van der Waals surface area contributed by atoms with Crippen molar-refractivity contribution in [2.75, 3.05) is 26.3 Å². The lowest BCUT2D eigenvalue weighted by Gasteiger charge is -2.26. The summed E-state index contributed by atoms with van der Waals surface area (Å²) in [4.78, 5) is 6.68. The molecule has 1 saturated heterocycles. The molecule has 11 heteroatoms. The van der Waals surface area contributed by atoms with Crippen LogP contribution in [0.1, 0.15) is 10.4 Å². The highest BCUT2D eigenvalue weighted by atomic mass is 32.2. The van der Waals surface area contributed by atoms with Crippen molar-refractivity contribution in [3.63, 3.8) is 0 Å². The van der Waals surface area contributed by atoms with E-state index in [0.29, 0.717) is 42.6 Å². The molecule has 5 rings (SSSR count). The molecule has 4 heterocycles. The lowest BCUT2D eigenvalue weighted by molar-refractivity contribution is 0.0730. The van der Waals surface area contributed by atoms with Gasteiger partial charge in [0.25, 0.3) is 0 Å². The number of ether oxygens (including phenoxy) is 1. The highest BCUT2D eigenvalue weighted by Gasteiger charge is 2.26. The van der Waals surface area contributed by atoms with Gasteiger partial charge in [-0.05, 0) is 60.3 Å². The molecule has 34 heavy (non-hydrogen) atoms. The molecule has 1 fully saturated rings. The lowest BCUT2D eigenvalue weighted by Crippen LogP contribution is -2.40. The van der Waals surface area contributed by atoms with E-state index < -0.39 is 10.0 Å². The number of thiazole rings is 1. The first-order valence-corrected chi connectivity index (χ1v) is 13.8. The summed E-state index contributed by atoms with van der Waals surface area (Å²) in [5.74, 6) is 0.685. The average Bonchev–Trinajstić information content (AvgIpc) is 3.60. The predicted octanol–water partition coefficient (Wildman–Crippen LogP) is 4.32. The minimum atomic E-state index is -3.55. The van der Waals surface area contributed by atoms with Gasteiger partial charge in [0.15, 0.2) is 5.76 Å². The van der Waals surface area contributed by atoms with E-state index in [-0.39, 0.29) is 4.90 Å². The van der Waals surface area contributed by atoms with Crippen LogP contribution in [-0.2, 0) is 14.8 Å². The fraction of sp³-hybridized carbons (Fsp3) is 0.217. The van der Waals surface area contributed by atoms with E-state index >= 15 is 0 Å². The van der Waals surface area contributed by atoms with Crippen LogP contribution in [0.15, 0.2) is 78.9 Å². The summed E-state index contributed by atoms with van der Waals surface area (Å²) in [6.45, 7) is 3.59. The molecule has 0 N–H and O–H groups in total. The van der Waals surface area contributed by atoms with E-state index in [1.54, 1.807) is 46.5 Å². The Hall–Kier alpha value is -2.83. The highest BCUT2D eigenvalue weighted by Crippen LogP contribution is 2.23. The van der Waals surface area contributed by atoms with Crippen LogP contribution in [0.4, 0.5) is 5.69 Å². The molecule has 4 aromatic rings. The summed E-state index contributed by atoms with van der Waals surface area (Å²) in [7, 11) is -3.55. The maximum absolute atomic E-state index is 12.9. The summed E-state index contributed by atoms with van der Waals surface area (Å²) < 4.78 is 39.8. The van der Waals surface area contributed by atoms with Gasteiger partial charge < -0.3 is 9.15 Å². The van der Waals surface area contributed by atoms with Gasteiger partial charge in [0.2, 0.25) is 14.8 Å². The van der Waals surface area contributed by atoms with Gasteiger partial charge in [-0.2, -0.15) is 9.41 Å². The first-order chi connectivity index (χ1) is 16.5. The Kier molecular flexibility index (Phi) is 6.61. The van der Waals surface area contributed by atoms with Crippen LogP contribution in [-0.4, -0.2) is 49.9 Å². The number of aryl methyl sites for hydroxylation is 1. The summed E-state index contributed by atoms with van der Waals surface area (Å²) in [5.41, 5.74) is 2.57. The van der Waals surface area contributed by atoms with Crippen molar-refractivity contribution in [2.24, 2.45) is 10.1 Å². The predicted molar refractivity (Wildman–Crippen MR) is 133 cm³/mol. The number of thiophene rings is 1. The fourth-order valence-corrected chi connectivity index (χ4v) is 6.47. The van der Waals surface area contributed by atoms with Crippen LogP contribution in [0, 0.1) is 6.92 Å². The second-order valence-corrected chi connectivity index (χ2v) is 11.2. The zero-order valence-electron chi connectivity index (χ0n) is 18.3. The van der Waals surface area contributed by atoms with Crippen LogP contribution in [0.5, 0.6) is 0 Å². The van der Waals surface area contributed by atoms with Crippen molar-refractivity contribution in [3.8, 4) is 11.5 Å². The molecule has 3 aromatic heterocycles. The zero-order chi connectivity index (χ0) is 23.5.